The number of rotatable bonds is 1. The fourth-order valence-corrected chi connectivity index (χ4v) is 1.95. The first kappa shape index (κ1) is 9.47. The quantitative estimate of drug-likeness (QED) is 0.756. The van der Waals surface area contributed by atoms with Gasteiger partial charge in [0.15, 0.2) is 5.82 Å². The van der Waals surface area contributed by atoms with Gasteiger partial charge in [-0.3, -0.25) is 4.98 Å². The lowest BCUT2D eigenvalue weighted by atomic mass is 10.1. The van der Waals surface area contributed by atoms with Crippen LogP contribution in [0.2, 0.25) is 0 Å². The largest absolute Gasteiger partial charge is 0.327 e. The number of pyridine rings is 1. The summed E-state index contributed by atoms with van der Waals surface area (Å²) in [6, 6.07) is 4.08. The van der Waals surface area contributed by atoms with Crippen LogP contribution in [0.1, 0.15) is 12.2 Å². The highest BCUT2D eigenvalue weighted by molar-refractivity contribution is 5.52. The molecular formula is C11H13N5. The van der Waals surface area contributed by atoms with Crippen LogP contribution in [0.25, 0.3) is 11.4 Å². The SMILES string of the molecule is NC1CCn2nc(-c3cccnc3)nc2C1. The fraction of sp³-hybridized carbons (Fsp3) is 0.364. The molecule has 1 unspecified atom stereocenters. The van der Waals surface area contributed by atoms with Gasteiger partial charge < -0.3 is 5.73 Å². The minimum Gasteiger partial charge on any atom is -0.327 e. The van der Waals surface area contributed by atoms with E-state index >= 15 is 0 Å². The summed E-state index contributed by atoms with van der Waals surface area (Å²) in [5.74, 6) is 1.73. The number of aromatic nitrogens is 4. The van der Waals surface area contributed by atoms with Crippen molar-refractivity contribution in [1.29, 1.82) is 0 Å². The molecule has 5 heteroatoms. The third-order valence-electron chi connectivity index (χ3n) is 2.82. The lowest BCUT2D eigenvalue weighted by Crippen LogP contribution is -2.31. The average molecular weight is 215 g/mol. The molecule has 1 atom stereocenters. The van der Waals surface area contributed by atoms with Gasteiger partial charge in [-0.25, -0.2) is 9.67 Å². The van der Waals surface area contributed by atoms with Gasteiger partial charge in [-0.05, 0) is 18.6 Å². The highest BCUT2D eigenvalue weighted by atomic mass is 15.4. The van der Waals surface area contributed by atoms with Gasteiger partial charge in [0.1, 0.15) is 5.82 Å². The molecule has 0 amide bonds. The van der Waals surface area contributed by atoms with E-state index in [9.17, 15) is 0 Å². The summed E-state index contributed by atoms with van der Waals surface area (Å²) in [6.45, 7) is 0.865. The third-order valence-corrected chi connectivity index (χ3v) is 2.82. The van der Waals surface area contributed by atoms with Gasteiger partial charge in [-0.15, -0.1) is 0 Å². The number of hydrogen-bond acceptors (Lipinski definition) is 4. The molecule has 3 heterocycles. The van der Waals surface area contributed by atoms with Gasteiger partial charge in [0.05, 0.1) is 0 Å². The summed E-state index contributed by atoms with van der Waals surface area (Å²) >= 11 is 0. The van der Waals surface area contributed by atoms with Gasteiger partial charge in [0.2, 0.25) is 0 Å². The molecule has 0 saturated heterocycles. The van der Waals surface area contributed by atoms with E-state index < -0.39 is 0 Å². The van der Waals surface area contributed by atoms with Crippen LogP contribution in [0, 0.1) is 0 Å². The van der Waals surface area contributed by atoms with Crippen LogP contribution < -0.4 is 5.73 Å². The molecule has 0 spiro atoms. The molecule has 0 saturated carbocycles. The highest BCUT2D eigenvalue weighted by Crippen LogP contribution is 2.18. The van der Waals surface area contributed by atoms with Gasteiger partial charge in [-0.2, -0.15) is 5.10 Å². The third kappa shape index (κ3) is 1.59. The molecule has 1 aliphatic heterocycles. The Kier molecular flexibility index (Phi) is 2.18. The van der Waals surface area contributed by atoms with Crippen LogP contribution in [0.4, 0.5) is 0 Å². The first-order chi connectivity index (χ1) is 7.83. The highest BCUT2D eigenvalue weighted by Gasteiger charge is 2.19. The second kappa shape index (κ2) is 3.68. The molecule has 2 aromatic rings. The minimum atomic E-state index is 0.221. The molecule has 16 heavy (non-hydrogen) atoms. The van der Waals surface area contributed by atoms with Crippen molar-refractivity contribution in [2.45, 2.75) is 25.4 Å². The van der Waals surface area contributed by atoms with Crippen LogP contribution in [-0.4, -0.2) is 25.8 Å². The maximum absolute atomic E-state index is 5.90. The number of nitrogens with zero attached hydrogens (tertiary/aromatic N) is 4. The van der Waals surface area contributed by atoms with Crippen molar-refractivity contribution in [3.8, 4) is 11.4 Å². The number of nitrogens with two attached hydrogens (primary N) is 1. The Morgan fingerprint density at radius 2 is 2.38 bits per heavy atom. The Balaban J connectivity index is 1.99. The molecule has 1 aliphatic rings. The molecule has 5 nitrogen and oxygen atoms in total. The summed E-state index contributed by atoms with van der Waals surface area (Å²) < 4.78 is 1.95. The van der Waals surface area contributed by atoms with Crippen molar-refractivity contribution in [2.24, 2.45) is 5.73 Å². The zero-order valence-corrected chi connectivity index (χ0v) is 8.87. The smallest absolute Gasteiger partial charge is 0.182 e. The molecule has 0 bridgehead atoms. The molecule has 3 rings (SSSR count). The van der Waals surface area contributed by atoms with E-state index in [1.807, 2.05) is 16.8 Å². The van der Waals surface area contributed by atoms with E-state index in [-0.39, 0.29) is 6.04 Å². The summed E-state index contributed by atoms with van der Waals surface area (Å²) in [6.07, 6.45) is 5.31. The van der Waals surface area contributed by atoms with Crippen LogP contribution in [-0.2, 0) is 13.0 Å². The van der Waals surface area contributed by atoms with Crippen molar-refractivity contribution in [3.63, 3.8) is 0 Å². The Morgan fingerprint density at radius 3 is 3.19 bits per heavy atom. The monoisotopic (exact) mass is 215 g/mol. The second-order valence-corrected chi connectivity index (χ2v) is 4.07. The van der Waals surface area contributed by atoms with E-state index in [1.165, 1.54) is 0 Å². The summed E-state index contributed by atoms with van der Waals surface area (Å²) in [7, 11) is 0. The number of fused-ring (bicyclic) bond motifs is 1. The molecule has 2 aromatic heterocycles. The lowest BCUT2D eigenvalue weighted by molar-refractivity contribution is 0.433. The molecule has 82 valence electrons. The summed E-state index contributed by atoms with van der Waals surface area (Å²) in [4.78, 5) is 8.57. The van der Waals surface area contributed by atoms with Crippen molar-refractivity contribution in [3.05, 3.63) is 30.4 Å². The Bertz CT molecular complexity index is 490. The van der Waals surface area contributed by atoms with Crippen LogP contribution in [0.5, 0.6) is 0 Å². The first-order valence-electron chi connectivity index (χ1n) is 5.42. The zero-order chi connectivity index (χ0) is 11.0. The van der Waals surface area contributed by atoms with Crippen molar-refractivity contribution in [2.75, 3.05) is 0 Å². The lowest BCUT2D eigenvalue weighted by Gasteiger charge is -2.17. The maximum atomic E-state index is 5.90. The zero-order valence-electron chi connectivity index (χ0n) is 8.87. The van der Waals surface area contributed by atoms with E-state index in [1.54, 1.807) is 12.4 Å². The average Bonchev–Trinajstić information content (AvgIpc) is 2.73. The summed E-state index contributed by atoms with van der Waals surface area (Å²) in [5, 5.41) is 4.47. The molecule has 0 aromatic carbocycles. The maximum Gasteiger partial charge on any atom is 0.182 e. The molecule has 0 fully saturated rings. The number of aryl methyl sites for hydroxylation is 1. The standard InChI is InChI=1S/C11H13N5/c12-9-3-5-16-10(6-9)14-11(15-16)8-2-1-4-13-7-8/h1-2,4,7,9H,3,5-6,12H2. The van der Waals surface area contributed by atoms with E-state index in [0.717, 1.165) is 36.6 Å². The van der Waals surface area contributed by atoms with E-state index in [0.29, 0.717) is 0 Å². The first-order valence-corrected chi connectivity index (χ1v) is 5.42. The van der Waals surface area contributed by atoms with Gasteiger partial charge in [0.25, 0.3) is 0 Å². The van der Waals surface area contributed by atoms with Crippen molar-refractivity contribution >= 4 is 0 Å². The Hall–Kier alpha value is -1.75. The minimum absolute atomic E-state index is 0.221. The van der Waals surface area contributed by atoms with Crippen LogP contribution in [0.3, 0.4) is 0 Å². The Labute approximate surface area is 93.3 Å². The number of hydrogen-bond donors (Lipinski definition) is 1. The van der Waals surface area contributed by atoms with Crippen LogP contribution >= 0.6 is 0 Å². The fourth-order valence-electron chi connectivity index (χ4n) is 1.95. The molecule has 0 aliphatic carbocycles. The summed E-state index contributed by atoms with van der Waals surface area (Å²) in [5.41, 5.74) is 6.86. The molecule has 0 radical (unpaired) electrons. The van der Waals surface area contributed by atoms with Gasteiger partial charge in [0, 0.05) is 37.0 Å². The van der Waals surface area contributed by atoms with E-state index in [4.69, 9.17) is 5.73 Å². The normalized spacial score (nSPS) is 19.4. The van der Waals surface area contributed by atoms with Crippen molar-refractivity contribution < 1.29 is 0 Å². The van der Waals surface area contributed by atoms with Crippen LogP contribution in [0.15, 0.2) is 24.5 Å². The topological polar surface area (TPSA) is 69.6 Å². The second-order valence-electron chi connectivity index (χ2n) is 4.07. The Morgan fingerprint density at radius 1 is 1.44 bits per heavy atom. The predicted octanol–water partition coefficient (Wildman–Crippen LogP) is 0.614. The van der Waals surface area contributed by atoms with E-state index in [2.05, 4.69) is 15.1 Å². The van der Waals surface area contributed by atoms with Gasteiger partial charge >= 0.3 is 0 Å². The molecular weight excluding hydrogens is 202 g/mol. The van der Waals surface area contributed by atoms with Gasteiger partial charge in [-0.1, -0.05) is 0 Å². The van der Waals surface area contributed by atoms with Crippen molar-refractivity contribution in [1.82, 2.24) is 19.7 Å². The predicted molar refractivity (Wildman–Crippen MR) is 59.5 cm³/mol. The molecule has 2 N–H and O–H groups in total.